The van der Waals surface area contributed by atoms with Crippen molar-refractivity contribution in [2.75, 3.05) is 24.3 Å². The number of ether oxygens (including phenoxy) is 1. The average Bonchev–Trinajstić information content (AvgIpc) is 2.47. The molecular formula is C14H17FN4O. The lowest BCUT2D eigenvalue weighted by atomic mass is 10.3. The molecule has 2 rings (SSSR count). The van der Waals surface area contributed by atoms with Crippen molar-refractivity contribution in [1.29, 1.82) is 0 Å². The van der Waals surface area contributed by atoms with Gasteiger partial charge in [0.2, 0.25) is 0 Å². The Hall–Kier alpha value is -2.37. The van der Waals surface area contributed by atoms with E-state index >= 15 is 0 Å². The van der Waals surface area contributed by atoms with Crippen LogP contribution >= 0.6 is 0 Å². The van der Waals surface area contributed by atoms with E-state index in [-0.39, 0.29) is 5.75 Å². The summed E-state index contributed by atoms with van der Waals surface area (Å²) in [5.74, 6) is 1.17. The second-order valence-corrected chi connectivity index (χ2v) is 4.19. The van der Waals surface area contributed by atoms with Crippen LogP contribution in [0.4, 0.5) is 21.7 Å². The lowest BCUT2D eigenvalue weighted by molar-refractivity contribution is 0.387. The van der Waals surface area contributed by atoms with Crippen molar-refractivity contribution in [3.05, 3.63) is 36.4 Å². The predicted molar refractivity (Wildman–Crippen MR) is 77.0 cm³/mol. The van der Waals surface area contributed by atoms with Gasteiger partial charge in [-0.15, -0.1) is 0 Å². The predicted octanol–water partition coefficient (Wildman–Crippen LogP) is 3.19. The number of nitrogens with zero attached hydrogens (tertiary/aromatic N) is 2. The first-order valence-electron chi connectivity index (χ1n) is 6.39. The molecule has 0 atom stereocenters. The van der Waals surface area contributed by atoms with E-state index < -0.39 is 5.82 Å². The minimum absolute atomic E-state index is 0.188. The number of hydrogen-bond donors (Lipinski definition) is 2. The molecule has 20 heavy (non-hydrogen) atoms. The smallest absolute Gasteiger partial charge is 0.165 e. The third-order valence-electron chi connectivity index (χ3n) is 2.65. The van der Waals surface area contributed by atoms with Crippen molar-refractivity contribution in [2.24, 2.45) is 0 Å². The lowest BCUT2D eigenvalue weighted by Crippen LogP contribution is -2.03. The van der Waals surface area contributed by atoms with Crippen LogP contribution in [0, 0.1) is 5.82 Å². The number of aromatic nitrogens is 2. The Balaban J connectivity index is 2.13. The zero-order valence-electron chi connectivity index (χ0n) is 11.5. The topological polar surface area (TPSA) is 59.1 Å². The Morgan fingerprint density at radius 1 is 1.20 bits per heavy atom. The minimum Gasteiger partial charge on any atom is -0.494 e. The number of benzene rings is 1. The highest BCUT2D eigenvalue weighted by Crippen LogP contribution is 2.24. The van der Waals surface area contributed by atoms with Crippen LogP contribution in [-0.4, -0.2) is 23.6 Å². The summed E-state index contributed by atoms with van der Waals surface area (Å²) < 4.78 is 18.3. The molecule has 0 saturated carbocycles. The SMILES string of the molecule is CCCNc1cc(Nc2ccc(F)c(OC)c2)ncn1. The molecule has 5 nitrogen and oxygen atoms in total. The molecule has 6 heteroatoms. The van der Waals surface area contributed by atoms with Crippen molar-refractivity contribution in [3.8, 4) is 5.75 Å². The van der Waals surface area contributed by atoms with E-state index in [1.807, 2.05) is 0 Å². The van der Waals surface area contributed by atoms with Crippen molar-refractivity contribution >= 4 is 17.3 Å². The number of rotatable bonds is 6. The number of anilines is 3. The van der Waals surface area contributed by atoms with E-state index in [0.717, 1.165) is 18.8 Å². The Morgan fingerprint density at radius 2 is 2.00 bits per heavy atom. The van der Waals surface area contributed by atoms with E-state index in [1.54, 1.807) is 18.2 Å². The first-order chi connectivity index (χ1) is 9.72. The third kappa shape index (κ3) is 3.57. The van der Waals surface area contributed by atoms with Gasteiger partial charge in [0.1, 0.15) is 18.0 Å². The fourth-order valence-electron chi connectivity index (χ4n) is 1.66. The fraction of sp³-hybridized carbons (Fsp3) is 0.286. The van der Waals surface area contributed by atoms with E-state index in [9.17, 15) is 4.39 Å². The molecule has 0 spiro atoms. The molecule has 1 aromatic heterocycles. The van der Waals surface area contributed by atoms with Crippen molar-refractivity contribution < 1.29 is 9.13 Å². The molecule has 0 radical (unpaired) electrons. The molecule has 106 valence electrons. The van der Waals surface area contributed by atoms with Crippen molar-refractivity contribution in [2.45, 2.75) is 13.3 Å². The molecule has 0 unspecified atom stereocenters. The average molecular weight is 276 g/mol. The summed E-state index contributed by atoms with van der Waals surface area (Å²) in [4.78, 5) is 8.24. The van der Waals surface area contributed by atoms with Gasteiger partial charge in [-0.1, -0.05) is 6.92 Å². The molecule has 0 aliphatic heterocycles. The number of halogens is 1. The molecule has 1 heterocycles. The van der Waals surface area contributed by atoms with Crippen LogP contribution in [0.3, 0.4) is 0 Å². The first kappa shape index (κ1) is 14.0. The Kier molecular flexibility index (Phi) is 4.70. The highest BCUT2D eigenvalue weighted by molar-refractivity contribution is 5.60. The standard InChI is InChI=1S/C14H17FN4O/c1-3-6-16-13-8-14(18-9-17-13)19-10-4-5-11(15)12(7-10)20-2/h4-5,7-9H,3,6H2,1-2H3,(H2,16,17,18,19). The molecule has 1 aromatic carbocycles. The summed E-state index contributed by atoms with van der Waals surface area (Å²) in [5, 5.41) is 6.26. The van der Waals surface area contributed by atoms with E-state index in [1.165, 1.54) is 19.5 Å². The van der Waals surface area contributed by atoms with Crippen LogP contribution in [0.5, 0.6) is 5.75 Å². The van der Waals surface area contributed by atoms with E-state index in [0.29, 0.717) is 11.5 Å². The fourth-order valence-corrected chi connectivity index (χ4v) is 1.66. The normalized spacial score (nSPS) is 10.2. The third-order valence-corrected chi connectivity index (χ3v) is 2.65. The van der Waals surface area contributed by atoms with Gasteiger partial charge in [-0.3, -0.25) is 0 Å². The van der Waals surface area contributed by atoms with Crippen LogP contribution < -0.4 is 15.4 Å². The van der Waals surface area contributed by atoms with Crippen molar-refractivity contribution in [3.63, 3.8) is 0 Å². The summed E-state index contributed by atoms with van der Waals surface area (Å²) >= 11 is 0. The zero-order valence-corrected chi connectivity index (χ0v) is 11.5. The van der Waals surface area contributed by atoms with Gasteiger partial charge in [0, 0.05) is 24.4 Å². The summed E-state index contributed by atoms with van der Waals surface area (Å²) in [5.41, 5.74) is 0.698. The van der Waals surface area contributed by atoms with Gasteiger partial charge in [-0.05, 0) is 18.6 Å². The number of hydrogen-bond acceptors (Lipinski definition) is 5. The van der Waals surface area contributed by atoms with Gasteiger partial charge in [0.25, 0.3) is 0 Å². The molecule has 2 N–H and O–H groups in total. The monoisotopic (exact) mass is 276 g/mol. The summed E-state index contributed by atoms with van der Waals surface area (Å²) in [6, 6.07) is 6.35. The quantitative estimate of drug-likeness (QED) is 0.848. The Bertz CT molecular complexity index is 577. The molecule has 0 aliphatic carbocycles. The maximum absolute atomic E-state index is 13.3. The molecule has 0 bridgehead atoms. The lowest BCUT2D eigenvalue weighted by Gasteiger charge is -2.09. The van der Waals surface area contributed by atoms with Crippen LogP contribution in [0.1, 0.15) is 13.3 Å². The van der Waals surface area contributed by atoms with Crippen LogP contribution in [-0.2, 0) is 0 Å². The number of nitrogens with one attached hydrogen (secondary N) is 2. The molecule has 0 aliphatic rings. The summed E-state index contributed by atoms with van der Waals surface area (Å²) in [6.07, 6.45) is 2.49. The highest BCUT2D eigenvalue weighted by Gasteiger charge is 2.05. The highest BCUT2D eigenvalue weighted by atomic mass is 19.1. The van der Waals surface area contributed by atoms with Crippen molar-refractivity contribution in [1.82, 2.24) is 9.97 Å². The van der Waals surface area contributed by atoms with Crippen LogP contribution in [0.2, 0.25) is 0 Å². The second kappa shape index (κ2) is 6.70. The first-order valence-corrected chi connectivity index (χ1v) is 6.39. The van der Waals surface area contributed by atoms with Crippen LogP contribution in [0.25, 0.3) is 0 Å². The molecule has 0 fully saturated rings. The van der Waals surface area contributed by atoms with Gasteiger partial charge >= 0.3 is 0 Å². The maximum Gasteiger partial charge on any atom is 0.165 e. The molecule has 0 amide bonds. The zero-order chi connectivity index (χ0) is 14.4. The largest absolute Gasteiger partial charge is 0.494 e. The van der Waals surface area contributed by atoms with Gasteiger partial charge in [0.05, 0.1) is 7.11 Å². The van der Waals surface area contributed by atoms with Gasteiger partial charge in [0.15, 0.2) is 11.6 Å². The maximum atomic E-state index is 13.3. The van der Waals surface area contributed by atoms with Crippen LogP contribution in [0.15, 0.2) is 30.6 Å². The van der Waals surface area contributed by atoms with Gasteiger partial charge < -0.3 is 15.4 Å². The van der Waals surface area contributed by atoms with E-state index in [2.05, 4.69) is 27.5 Å². The van der Waals surface area contributed by atoms with Gasteiger partial charge in [-0.25, -0.2) is 14.4 Å². The Labute approximate surface area is 117 Å². The second-order valence-electron chi connectivity index (χ2n) is 4.19. The summed E-state index contributed by atoms with van der Waals surface area (Å²) in [7, 11) is 1.43. The molecule has 0 saturated heterocycles. The molecule has 2 aromatic rings. The van der Waals surface area contributed by atoms with E-state index in [4.69, 9.17) is 4.74 Å². The molecular weight excluding hydrogens is 259 g/mol. The minimum atomic E-state index is -0.397. The summed E-state index contributed by atoms with van der Waals surface area (Å²) in [6.45, 7) is 2.93. The number of methoxy groups -OCH3 is 1. The Morgan fingerprint density at radius 3 is 2.75 bits per heavy atom. The van der Waals surface area contributed by atoms with Gasteiger partial charge in [-0.2, -0.15) is 0 Å².